The number of hydrogen-bond donors (Lipinski definition) is 1. The summed E-state index contributed by atoms with van der Waals surface area (Å²) < 4.78 is 0. The van der Waals surface area contributed by atoms with Crippen LogP contribution in [0.2, 0.25) is 5.02 Å². The van der Waals surface area contributed by atoms with Gasteiger partial charge in [-0.3, -0.25) is 0 Å². The minimum absolute atomic E-state index is 0.135. The maximum atomic E-state index is 9.28. The maximum Gasteiger partial charge on any atom is 0.140 e. The Morgan fingerprint density at radius 1 is 1.32 bits per heavy atom. The van der Waals surface area contributed by atoms with Gasteiger partial charge in [0.25, 0.3) is 0 Å². The van der Waals surface area contributed by atoms with Crippen LogP contribution in [0.4, 0.5) is 5.82 Å². The molecule has 0 bridgehead atoms. The molecule has 1 aromatic heterocycles. The largest absolute Gasteiger partial charge is 0.395 e. The summed E-state index contributed by atoms with van der Waals surface area (Å²) in [4.78, 5) is 10.9. The molecule has 0 amide bonds. The van der Waals surface area contributed by atoms with Crippen LogP contribution in [0.1, 0.15) is 19.3 Å². The number of halogens is 1. The van der Waals surface area contributed by atoms with Crippen molar-refractivity contribution < 1.29 is 5.11 Å². The Bertz CT molecular complexity index is 586. The van der Waals surface area contributed by atoms with E-state index in [-0.39, 0.29) is 6.61 Å². The molecule has 1 fully saturated rings. The van der Waals surface area contributed by atoms with Crippen LogP contribution in [-0.2, 0) is 0 Å². The number of nitrogens with zero attached hydrogens (tertiary/aromatic N) is 3. The van der Waals surface area contributed by atoms with Gasteiger partial charge in [-0.15, -0.1) is 0 Å². The topological polar surface area (TPSA) is 49.2 Å². The highest BCUT2D eigenvalue weighted by Crippen LogP contribution is 2.32. The number of aliphatic hydroxyl groups is 1. The van der Waals surface area contributed by atoms with Gasteiger partial charge in [-0.1, -0.05) is 11.6 Å². The van der Waals surface area contributed by atoms with Crippen LogP contribution < -0.4 is 4.90 Å². The van der Waals surface area contributed by atoms with Crippen molar-refractivity contribution in [3.8, 4) is 0 Å². The lowest BCUT2D eigenvalue weighted by atomic mass is 9.91. The van der Waals surface area contributed by atoms with E-state index in [0.717, 1.165) is 16.7 Å². The normalized spacial score (nSPS) is 15.5. The van der Waals surface area contributed by atoms with Crippen LogP contribution >= 0.6 is 11.6 Å². The van der Waals surface area contributed by atoms with Gasteiger partial charge in [0.15, 0.2) is 0 Å². The Balaban J connectivity index is 2.06. The first kappa shape index (κ1) is 12.6. The number of hydrogen-bond acceptors (Lipinski definition) is 4. The second-order valence-corrected chi connectivity index (χ2v) is 5.30. The molecule has 1 N–H and O–H groups in total. The molecule has 1 saturated carbocycles. The van der Waals surface area contributed by atoms with Crippen molar-refractivity contribution in [2.75, 3.05) is 18.1 Å². The Kier molecular flexibility index (Phi) is 3.53. The Labute approximate surface area is 117 Å². The highest BCUT2D eigenvalue weighted by Gasteiger charge is 2.26. The van der Waals surface area contributed by atoms with E-state index in [4.69, 9.17) is 11.6 Å². The molecule has 3 rings (SSSR count). The number of fused-ring (bicyclic) bond motifs is 1. The molecule has 19 heavy (non-hydrogen) atoms. The van der Waals surface area contributed by atoms with E-state index < -0.39 is 0 Å². The summed E-state index contributed by atoms with van der Waals surface area (Å²) in [5.41, 5.74) is 0.847. The van der Waals surface area contributed by atoms with Crippen LogP contribution in [0.5, 0.6) is 0 Å². The zero-order valence-corrected chi connectivity index (χ0v) is 11.3. The Hall–Kier alpha value is -1.39. The monoisotopic (exact) mass is 277 g/mol. The fourth-order valence-electron chi connectivity index (χ4n) is 2.51. The lowest BCUT2D eigenvalue weighted by molar-refractivity contribution is 0.283. The van der Waals surface area contributed by atoms with Gasteiger partial charge < -0.3 is 10.0 Å². The number of aliphatic hydroxyl groups excluding tert-OH is 1. The highest BCUT2D eigenvalue weighted by atomic mass is 35.5. The molecule has 0 atom stereocenters. The summed E-state index contributed by atoms with van der Waals surface area (Å²) in [5.74, 6) is 0.903. The van der Waals surface area contributed by atoms with Crippen LogP contribution in [0.3, 0.4) is 0 Å². The van der Waals surface area contributed by atoms with Crippen LogP contribution in [0.25, 0.3) is 10.9 Å². The van der Waals surface area contributed by atoms with E-state index in [9.17, 15) is 5.11 Å². The fraction of sp³-hybridized carbons (Fsp3) is 0.429. The van der Waals surface area contributed by atoms with E-state index in [1.54, 1.807) is 6.33 Å². The van der Waals surface area contributed by atoms with E-state index in [1.165, 1.54) is 19.3 Å². The van der Waals surface area contributed by atoms with Gasteiger partial charge in [0.05, 0.1) is 12.1 Å². The molecule has 2 aromatic rings. The summed E-state index contributed by atoms with van der Waals surface area (Å²) in [6, 6.07) is 6.14. The van der Waals surface area contributed by atoms with Crippen molar-refractivity contribution >= 4 is 28.3 Å². The van der Waals surface area contributed by atoms with E-state index >= 15 is 0 Å². The van der Waals surface area contributed by atoms with Crippen molar-refractivity contribution in [1.82, 2.24) is 9.97 Å². The predicted octanol–water partition coefficient (Wildman–Crippen LogP) is 2.63. The second kappa shape index (κ2) is 5.31. The van der Waals surface area contributed by atoms with Gasteiger partial charge in [-0.05, 0) is 37.5 Å². The average Bonchev–Trinajstić information content (AvgIpc) is 2.35. The third-order valence-electron chi connectivity index (χ3n) is 3.71. The predicted molar refractivity (Wildman–Crippen MR) is 76.6 cm³/mol. The standard InChI is InChI=1S/C14H16ClN3O/c15-10-4-5-12-13(8-10)16-9-17-14(12)18(6-7-19)11-2-1-3-11/h4-5,8-9,11,19H,1-3,6-7H2. The van der Waals surface area contributed by atoms with Crippen LogP contribution in [0, 0.1) is 0 Å². The van der Waals surface area contributed by atoms with Gasteiger partial charge in [0.1, 0.15) is 12.1 Å². The van der Waals surface area contributed by atoms with Crippen molar-refractivity contribution in [1.29, 1.82) is 0 Å². The lowest BCUT2D eigenvalue weighted by Gasteiger charge is -2.38. The van der Waals surface area contributed by atoms with Crippen LogP contribution in [-0.4, -0.2) is 34.3 Å². The molecule has 0 spiro atoms. The lowest BCUT2D eigenvalue weighted by Crippen LogP contribution is -2.42. The molecule has 1 aliphatic rings. The second-order valence-electron chi connectivity index (χ2n) is 4.86. The first-order valence-electron chi connectivity index (χ1n) is 6.57. The molecule has 4 nitrogen and oxygen atoms in total. The third-order valence-corrected chi connectivity index (χ3v) is 3.94. The van der Waals surface area contributed by atoms with Crippen molar-refractivity contribution in [3.05, 3.63) is 29.5 Å². The van der Waals surface area contributed by atoms with E-state index in [1.807, 2.05) is 18.2 Å². The SMILES string of the molecule is OCCN(c1ncnc2cc(Cl)ccc12)C1CCC1. The average molecular weight is 278 g/mol. The summed E-state index contributed by atoms with van der Waals surface area (Å²) in [6.07, 6.45) is 5.15. The molecule has 0 aliphatic heterocycles. The van der Waals surface area contributed by atoms with Gasteiger partial charge in [-0.2, -0.15) is 0 Å². The Morgan fingerprint density at radius 2 is 2.16 bits per heavy atom. The minimum Gasteiger partial charge on any atom is -0.395 e. The Morgan fingerprint density at radius 3 is 2.84 bits per heavy atom. The molecular weight excluding hydrogens is 262 g/mol. The zero-order chi connectivity index (χ0) is 13.2. The molecule has 0 saturated heterocycles. The first-order chi connectivity index (χ1) is 9.29. The first-order valence-corrected chi connectivity index (χ1v) is 6.95. The van der Waals surface area contributed by atoms with Crippen molar-refractivity contribution in [2.24, 2.45) is 0 Å². The zero-order valence-electron chi connectivity index (χ0n) is 10.6. The van der Waals surface area contributed by atoms with Gasteiger partial charge >= 0.3 is 0 Å². The summed E-state index contributed by atoms with van der Waals surface area (Å²) in [5, 5.41) is 10.9. The van der Waals surface area contributed by atoms with Gasteiger partial charge in [0, 0.05) is 23.0 Å². The van der Waals surface area contributed by atoms with Gasteiger partial charge in [0.2, 0.25) is 0 Å². The minimum atomic E-state index is 0.135. The van der Waals surface area contributed by atoms with E-state index in [2.05, 4.69) is 14.9 Å². The van der Waals surface area contributed by atoms with Gasteiger partial charge in [-0.25, -0.2) is 9.97 Å². The number of benzene rings is 1. The summed E-state index contributed by atoms with van der Waals surface area (Å²) in [6.45, 7) is 0.745. The summed E-state index contributed by atoms with van der Waals surface area (Å²) >= 11 is 6.00. The smallest absolute Gasteiger partial charge is 0.140 e. The molecule has 100 valence electrons. The molecule has 0 unspecified atom stereocenters. The number of rotatable bonds is 4. The van der Waals surface area contributed by atoms with Crippen molar-refractivity contribution in [3.63, 3.8) is 0 Å². The molecule has 1 aromatic carbocycles. The highest BCUT2D eigenvalue weighted by molar-refractivity contribution is 6.31. The third kappa shape index (κ3) is 2.38. The molecule has 1 aliphatic carbocycles. The number of anilines is 1. The van der Waals surface area contributed by atoms with Crippen LogP contribution in [0.15, 0.2) is 24.5 Å². The fourth-order valence-corrected chi connectivity index (χ4v) is 2.68. The molecule has 0 radical (unpaired) electrons. The molecule has 1 heterocycles. The quantitative estimate of drug-likeness (QED) is 0.933. The van der Waals surface area contributed by atoms with E-state index in [0.29, 0.717) is 17.6 Å². The maximum absolute atomic E-state index is 9.28. The summed E-state index contributed by atoms with van der Waals surface area (Å²) in [7, 11) is 0. The molecule has 5 heteroatoms. The number of aromatic nitrogens is 2. The molecular formula is C14H16ClN3O. The van der Waals surface area contributed by atoms with Crippen molar-refractivity contribution in [2.45, 2.75) is 25.3 Å².